The summed E-state index contributed by atoms with van der Waals surface area (Å²) in [7, 11) is 2.37. The number of nitro benzene ring substituents is 1. The number of hydrogen-bond acceptors (Lipinski definition) is 7. The quantitative estimate of drug-likeness (QED) is 0.372. The summed E-state index contributed by atoms with van der Waals surface area (Å²) in [6.45, 7) is 0. The second-order valence-corrected chi connectivity index (χ2v) is 5.66. The van der Waals surface area contributed by atoms with Gasteiger partial charge in [0.15, 0.2) is 0 Å². The average Bonchev–Trinajstić information content (AvgIpc) is 3.14. The molecule has 0 aliphatic rings. The van der Waals surface area contributed by atoms with Crippen LogP contribution in [0.25, 0.3) is 22.6 Å². The highest BCUT2D eigenvalue weighted by molar-refractivity contribution is 6.10. The molecule has 0 bridgehead atoms. The first kappa shape index (κ1) is 18.8. The smallest absolute Gasteiger partial charge is 0.342 e. The monoisotopic (exact) mass is 381 g/mol. The predicted octanol–water partition coefficient (Wildman–Crippen LogP) is 4.10. The summed E-state index contributed by atoms with van der Waals surface area (Å²) >= 11 is 0. The van der Waals surface area contributed by atoms with Gasteiger partial charge < -0.3 is 13.9 Å². The van der Waals surface area contributed by atoms with E-state index < -0.39 is 16.9 Å². The Morgan fingerprint density at radius 3 is 1.71 bits per heavy atom. The van der Waals surface area contributed by atoms with E-state index in [4.69, 9.17) is 13.9 Å². The Hall–Kier alpha value is -3.94. The molecule has 0 radical (unpaired) electrons. The number of rotatable bonds is 5. The number of carbonyl (C=O) groups is 2. The number of hydrogen-bond donors (Lipinski definition) is 0. The normalized spacial score (nSPS) is 10.4. The highest BCUT2D eigenvalue weighted by Crippen LogP contribution is 2.38. The minimum absolute atomic E-state index is 0.0565. The van der Waals surface area contributed by atoms with Gasteiger partial charge >= 0.3 is 11.9 Å². The van der Waals surface area contributed by atoms with Crippen molar-refractivity contribution in [3.05, 3.63) is 75.8 Å². The van der Waals surface area contributed by atoms with Crippen molar-refractivity contribution in [1.82, 2.24) is 0 Å². The molecular formula is C20H15NO7. The molecule has 0 saturated carbocycles. The lowest BCUT2D eigenvalue weighted by Gasteiger charge is -2.04. The van der Waals surface area contributed by atoms with Crippen LogP contribution in [0.4, 0.5) is 5.69 Å². The Labute approximate surface area is 159 Å². The summed E-state index contributed by atoms with van der Waals surface area (Å²) in [5, 5.41) is 10.9. The topological polar surface area (TPSA) is 109 Å². The fourth-order valence-corrected chi connectivity index (χ4v) is 2.76. The molecule has 0 amide bonds. The van der Waals surface area contributed by atoms with Crippen LogP contribution in [0.15, 0.2) is 59.0 Å². The molecule has 0 unspecified atom stereocenters. The van der Waals surface area contributed by atoms with Gasteiger partial charge in [-0.15, -0.1) is 0 Å². The summed E-state index contributed by atoms with van der Waals surface area (Å²) < 4.78 is 15.6. The molecule has 0 fully saturated rings. The number of nitro groups is 1. The Balaban J connectivity index is 2.30. The molecule has 3 rings (SSSR count). The third kappa shape index (κ3) is 3.35. The Kier molecular flexibility index (Phi) is 5.21. The van der Waals surface area contributed by atoms with Gasteiger partial charge in [-0.3, -0.25) is 10.1 Å². The van der Waals surface area contributed by atoms with Gasteiger partial charge in [0.2, 0.25) is 0 Å². The summed E-state index contributed by atoms with van der Waals surface area (Å²) in [6, 6.07) is 14.1. The lowest BCUT2D eigenvalue weighted by molar-refractivity contribution is -0.384. The lowest BCUT2D eigenvalue weighted by Crippen LogP contribution is -2.11. The SMILES string of the molecule is COC(=O)c1c(-c2ccccc2)oc(-c2ccc([N+](=O)[O-])cc2)c1C(=O)OC. The molecule has 0 spiro atoms. The molecule has 142 valence electrons. The molecular weight excluding hydrogens is 366 g/mol. The van der Waals surface area contributed by atoms with Gasteiger partial charge in [-0.1, -0.05) is 30.3 Å². The lowest BCUT2D eigenvalue weighted by atomic mass is 10.0. The average molecular weight is 381 g/mol. The molecule has 28 heavy (non-hydrogen) atoms. The van der Waals surface area contributed by atoms with Crippen LogP contribution in [0.5, 0.6) is 0 Å². The highest BCUT2D eigenvalue weighted by atomic mass is 16.6. The van der Waals surface area contributed by atoms with Gasteiger partial charge in [0.05, 0.1) is 19.1 Å². The van der Waals surface area contributed by atoms with Gasteiger partial charge in [0.25, 0.3) is 5.69 Å². The number of ether oxygens (including phenoxy) is 2. The van der Waals surface area contributed by atoms with Gasteiger partial charge in [-0.25, -0.2) is 9.59 Å². The van der Waals surface area contributed by atoms with E-state index in [9.17, 15) is 19.7 Å². The van der Waals surface area contributed by atoms with Crippen LogP contribution in [-0.2, 0) is 9.47 Å². The van der Waals surface area contributed by atoms with E-state index in [1.165, 1.54) is 38.5 Å². The molecule has 0 saturated heterocycles. The van der Waals surface area contributed by atoms with Crippen LogP contribution < -0.4 is 0 Å². The molecule has 2 aromatic carbocycles. The maximum absolute atomic E-state index is 12.5. The van der Waals surface area contributed by atoms with Gasteiger partial charge in [0.1, 0.15) is 22.6 Å². The number of esters is 2. The first-order valence-corrected chi connectivity index (χ1v) is 8.11. The van der Waals surface area contributed by atoms with E-state index in [1.807, 2.05) is 0 Å². The van der Waals surface area contributed by atoms with Crippen LogP contribution in [-0.4, -0.2) is 31.1 Å². The van der Waals surface area contributed by atoms with E-state index in [-0.39, 0.29) is 28.3 Å². The zero-order chi connectivity index (χ0) is 20.3. The Morgan fingerprint density at radius 1 is 0.821 bits per heavy atom. The molecule has 0 atom stereocenters. The van der Waals surface area contributed by atoms with Crippen LogP contribution in [0.1, 0.15) is 20.7 Å². The fraction of sp³-hybridized carbons (Fsp3) is 0.100. The molecule has 1 aromatic heterocycles. The van der Waals surface area contributed by atoms with Crippen LogP contribution >= 0.6 is 0 Å². The van der Waals surface area contributed by atoms with Gasteiger partial charge in [0, 0.05) is 23.3 Å². The van der Waals surface area contributed by atoms with Crippen molar-refractivity contribution in [3.8, 4) is 22.6 Å². The summed E-state index contributed by atoms with van der Waals surface area (Å²) in [6.07, 6.45) is 0. The number of benzene rings is 2. The van der Waals surface area contributed by atoms with Crippen molar-refractivity contribution in [2.24, 2.45) is 0 Å². The van der Waals surface area contributed by atoms with Crippen LogP contribution in [0, 0.1) is 10.1 Å². The van der Waals surface area contributed by atoms with E-state index in [0.29, 0.717) is 11.1 Å². The second kappa shape index (κ2) is 7.75. The Morgan fingerprint density at radius 2 is 1.29 bits per heavy atom. The maximum Gasteiger partial charge on any atom is 0.342 e. The number of furan rings is 1. The number of non-ortho nitro benzene ring substituents is 1. The minimum Gasteiger partial charge on any atom is -0.465 e. The zero-order valence-electron chi connectivity index (χ0n) is 15.0. The molecule has 0 N–H and O–H groups in total. The van der Waals surface area contributed by atoms with E-state index in [2.05, 4.69) is 0 Å². The fourth-order valence-electron chi connectivity index (χ4n) is 2.76. The third-order valence-corrected chi connectivity index (χ3v) is 4.06. The van der Waals surface area contributed by atoms with Crippen LogP contribution in [0.2, 0.25) is 0 Å². The largest absolute Gasteiger partial charge is 0.465 e. The summed E-state index contributed by atoms with van der Waals surface area (Å²) in [5.74, 6) is -1.36. The van der Waals surface area contributed by atoms with E-state index >= 15 is 0 Å². The van der Waals surface area contributed by atoms with Crippen molar-refractivity contribution in [2.45, 2.75) is 0 Å². The van der Waals surface area contributed by atoms with Crippen molar-refractivity contribution in [1.29, 1.82) is 0 Å². The van der Waals surface area contributed by atoms with Crippen molar-refractivity contribution >= 4 is 17.6 Å². The molecule has 0 aliphatic carbocycles. The van der Waals surface area contributed by atoms with Gasteiger partial charge in [-0.2, -0.15) is 0 Å². The standard InChI is InChI=1S/C20H15NO7/c1-26-19(22)15-16(20(23)27-2)18(13-8-10-14(11-9-13)21(24)25)28-17(15)12-6-4-3-5-7-12/h3-11H,1-2H3. The number of carbonyl (C=O) groups excluding carboxylic acids is 2. The van der Waals surface area contributed by atoms with Crippen molar-refractivity contribution in [3.63, 3.8) is 0 Å². The first-order valence-electron chi connectivity index (χ1n) is 8.11. The summed E-state index contributed by atoms with van der Waals surface area (Å²) in [5.41, 5.74) is 0.627. The first-order chi connectivity index (χ1) is 13.5. The molecule has 1 heterocycles. The van der Waals surface area contributed by atoms with Crippen LogP contribution in [0.3, 0.4) is 0 Å². The molecule has 0 aliphatic heterocycles. The van der Waals surface area contributed by atoms with Crippen molar-refractivity contribution < 1.29 is 28.4 Å². The predicted molar refractivity (Wildman–Crippen MR) is 98.9 cm³/mol. The number of nitrogens with zero attached hydrogens (tertiary/aromatic N) is 1. The van der Waals surface area contributed by atoms with Crippen molar-refractivity contribution in [2.75, 3.05) is 14.2 Å². The minimum atomic E-state index is -0.792. The van der Waals surface area contributed by atoms with E-state index in [1.54, 1.807) is 30.3 Å². The number of methoxy groups -OCH3 is 2. The zero-order valence-corrected chi connectivity index (χ0v) is 15.0. The Bertz CT molecular complexity index is 1040. The van der Waals surface area contributed by atoms with Gasteiger partial charge in [-0.05, 0) is 12.1 Å². The van der Waals surface area contributed by atoms with E-state index in [0.717, 1.165) is 0 Å². The second-order valence-electron chi connectivity index (χ2n) is 5.66. The molecule has 8 heteroatoms. The maximum atomic E-state index is 12.5. The third-order valence-electron chi connectivity index (χ3n) is 4.06. The summed E-state index contributed by atoms with van der Waals surface area (Å²) in [4.78, 5) is 35.3. The molecule has 8 nitrogen and oxygen atoms in total. The molecule has 3 aromatic rings. The highest BCUT2D eigenvalue weighted by Gasteiger charge is 2.32.